The molecule has 2 aliphatic carbocycles. The number of aromatic amines is 2. The van der Waals surface area contributed by atoms with E-state index in [2.05, 4.69) is 73.7 Å². The molecular weight excluding hydrogens is 857 g/mol. The lowest BCUT2D eigenvalue weighted by Crippen LogP contribution is -2.47. The molecule has 2 saturated carbocycles. The summed E-state index contributed by atoms with van der Waals surface area (Å²) in [5.41, 5.74) is 7.46. The first-order valence-electron chi connectivity index (χ1n) is 24.3. The lowest BCUT2D eigenvalue weighted by Gasteiger charge is -2.36. The Balaban J connectivity index is 0.832. The SMILES string of the molecule is COOC=N[C@@H](C(=O)N1[C@H](c2nc3ccc(C/C=C/Cc4ccc5nc([C@@H]6C[C@@H]7CCCC[C@@H]7N6C(=O)[C@H](NC(=O)OC)c6ccccc6)[nH]c5c4)cc3[nH]2)C[C@@H]2CCCC[C@@H]21)c1ccccc1. The maximum absolute atomic E-state index is 14.6. The van der Waals surface area contributed by atoms with E-state index in [4.69, 9.17) is 24.5 Å². The van der Waals surface area contributed by atoms with Crippen molar-refractivity contribution in [1.82, 2.24) is 35.1 Å². The van der Waals surface area contributed by atoms with Crippen LogP contribution in [0.1, 0.15) is 122 Å². The smallest absolute Gasteiger partial charge is 0.407 e. The number of fused-ring (bicyclic) bond motifs is 4. The summed E-state index contributed by atoms with van der Waals surface area (Å²) in [4.78, 5) is 77.6. The average molecular weight is 917 g/mol. The molecule has 0 spiro atoms. The molecule has 4 aliphatic rings. The monoisotopic (exact) mass is 916 g/mol. The van der Waals surface area contributed by atoms with Crippen molar-refractivity contribution in [3.05, 3.63) is 143 Å². The van der Waals surface area contributed by atoms with Crippen LogP contribution in [0, 0.1) is 11.8 Å². The van der Waals surface area contributed by atoms with Crippen LogP contribution in [0.5, 0.6) is 0 Å². The van der Waals surface area contributed by atoms with Crippen molar-refractivity contribution in [1.29, 1.82) is 0 Å². The lowest BCUT2D eigenvalue weighted by molar-refractivity contribution is -0.188. The summed E-state index contributed by atoms with van der Waals surface area (Å²) in [7, 11) is 2.73. The number of carbonyl (C=O) groups is 3. The zero-order valence-electron chi connectivity index (χ0n) is 38.8. The Morgan fingerprint density at radius 3 is 1.74 bits per heavy atom. The molecule has 0 unspecified atom stereocenters. The van der Waals surface area contributed by atoms with Crippen molar-refractivity contribution in [3.8, 4) is 0 Å². The first-order chi connectivity index (χ1) is 33.4. The molecule has 0 bridgehead atoms. The van der Waals surface area contributed by atoms with Gasteiger partial charge in [0, 0.05) is 12.1 Å². The van der Waals surface area contributed by atoms with Gasteiger partial charge >= 0.3 is 6.09 Å². The third-order valence-electron chi connectivity index (χ3n) is 14.8. The second kappa shape index (κ2) is 20.2. The van der Waals surface area contributed by atoms with Crippen LogP contribution in [-0.2, 0) is 36.9 Å². The fourth-order valence-electron chi connectivity index (χ4n) is 11.7. The van der Waals surface area contributed by atoms with Gasteiger partial charge in [-0.1, -0.05) is 111 Å². The molecule has 68 heavy (non-hydrogen) atoms. The minimum atomic E-state index is -0.874. The Kier molecular flexibility index (Phi) is 13.4. The third-order valence-corrected chi connectivity index (χ3v) is 14.8. The summed E-state index contributed by atoms with van der Waals surface area (Å²) in [6.45, 7) is 0. The Morgan fingerprint density at radius 1 is 0.691 bits per heavy atom. The number of nitrogens with one attached hydrogen (secondary N) is 3. The summed E-state index contributed by atoms with van der Waals surface area (Å²) in [6.07, 6.45) is 16.7. The van der Waals surface area contributed by atoms with Crippen LogP contribution < -0.4 is 5.32 Å². The quantitative estimate of drug-likeness (QED) is 0.0319. The summed E-state index contributed by atoms with van der Waals surface area (Å²) >= 11 is 0. The van der Waals surface area contributed by atoms with Gasteiger partial charge in [-0.2, -0.15) is 4.89 Å². The predicted molar refractivity (Wildman–Crippen MR) is 259 cm³/mol. The number of alkyl carbamates (subject to hydrolysis) is 1. The zero-order valence-corrected chi connectivity index (χ0v) is 38.8. The molecule has 352 valence electrons. The molecular formula is C54H60N8O6. The second-order valence-corrected chi connectivity index (χ2v) is 18.9. The first-order valence-corrected chi connectivity index (χ1v) is 24.3. The number of aliphatic imine (C=N–C) groups is 1. The summed E-state index contributed by atoms with van der Waals surface area (Å²) < 4.78 is 4.96. The standard InChI is InChI=1S/C54H60N8O6/c1-66-54(65)60-49(37-19-7-4-8-20-37)53(64)62-45-24-14-12-22-39(45)32-47(62)51-57-41-28-26-35(30-43(41)59-51)16-10-9-15-34-25-27-40-42(29-34)58-50(56-40)46-31-38-21-11-13-23-44(38)61(46)52(63)48(55-33-68-67-2)36-17-5-3-6-18-36/h3-10,17-20,25-30,33,38-39,44-49H,11-16,21-24,31-32H2,1-2H3,(H,56,58)(H,57,59)(H,60,65)/b10-9+,55-33?/t38-,39-,44-,45-,46-,47-,48+,49+/m0/s1. The van der Waals surface area contributed by atoms with Gasteiger partial charge in [-0.25, -0.2) is 19.8 Å². The van der Waals surface area contributed by atoms with Crippen molar-refractivity contribution >= 4 is 46.4 Å². The van der Waals surface area contributed by atoms with E-state index in [0.29, 0.717) is 17.4 Å². The van der Waals surface area contributed by atoms with Gasteiger partial charge in [-0.05, 0) is 110 Å². The van der Waals surface area contributed by atoms with E-state index in [1.165, 1.54) is 27.0 Å². The number of rotatable bonds is 14. The fourth-order valence-corrected chi connectivity index (χ4v) is 11.7. The maximum Gasteiger partial charge on any atom is 0.407 e. The molecule has 4 heterocycles. The highest BCUT2D eigenvalue weighted by molar-refractivity contribution is 5.88. The van der Waals surface area contributed by atoms with Crippen LogP contribution in [0.3, 0.4) is 0 Å². The van der Waals surface area contributed by atoms with Crippen molar-refractivity contribution < 1.29 is 28.9 Å². The molecule has 2 aliphatic heterocycles. The van der Waals surface area contributed by atoms with E-state index < -0.39 is 18.2 Å². The van der Waals surface area contributed by atoms with Crippen LogP contribution >= 0.6 is 0 Å². The van der Waals surface area contributed by atoms with Crippen molar-refractivity contribution in [2.24, 2.45) is 16.8 Å². The van der Waals surface area contributed by atoms with Gasteiger partial charge in [-0.3, -0.25) is 9.59 Å². The number of H-pyrrole nitrogens is 2. The highest BCUT2D eigenvalue weighted by Gasteiger charge is 2.49. The first kappa shape index (κ1) is 45.0. The number of carbonyl (C=O) groups excluding carboxylic acids is 3. The molecule has 0 radical (unpaired) electrons. The lowest BCUT2D eigenvalue weighted by atomic mass is 9.84. The molecule has 2 saturated heterocycles. The molecule has 8 atom stereocenters. The Labute approximate surface area is 396 Å². The minimum Gasteiger partial charge on any atom is -0.453 e. The Morgan fingerprint density at radius 2 is 1.21 bits per heavy atom. The van der Waals surface area contributed by atoms with Crippen molar-refractivity contribution in [2.75, 3.05) is 14.2 Å². The number of methoxy groups -OCH3 is 1. The summed E-state index contributed by atoms with van der Waals surface area (Å²) in [6, 6.07) is 29.9. The normalized spacial score (nSPS) is 23.5. The van der Waals surface area contributed by atoms with E-state index in [-0.39, 0.29) is 36.0 Å². The van der Waals surface area contributed by atoms with Gasteiger partial charge in [0.05, 0.1) is 48.4 Å². The zero-order chi connectivity index (χ0) is 46.6. The van der Waals surface area contributed by atoms with Crippen LogP contribution in [0.15, 0.2) is 114 Å². The molecule has 6 aromatic rings. The number of likely N-dealkylation sites (tertiary alicyclic amines) is 2. The number of nitrogens with zero attached hydrogens (tertiary/aromatic N) is 5. The van der Waals surface area contributed by atoms with Crippen LogP contribution in [0.4, 0.5) is 4.79 Å². The topological polar surface area (TPSA) is 167 Å². The number of aromatic nitrogens is 4. The number of allylic oxidation sites excluding steroid dienone is 2. The van der Waals surface area contributed by atoms with E-state index in [0.717, 1.165) is 121 Å². The largest absolute Gasteiger partial charge is 0.453 e. The molecule has 3 N–H and O–H groups in total. The van der Waals surface area contributed by atoms with Gasteiger partial charge in [0.25, 0.3) is 11.8 Å². The Bertz CT molecular complexity index is 2790. The average Bonchev–Trinajstić information content (AvgIpc) is 4.18. The molecule has 4 aromatic carbocycles. The minimum absolute atomic E-state index is 0.0570. The Hall–Kier alpha value is -6.80. The predicted octanol–water partition coefficient (Wildman–Crippen LogP) is 9.89. The molecule has 14 heteroatoms. The van der Waals surface area contributed by atoms with E-state index in [1.807, 2.05) is 65.6 Å². The van der Waals surface area contributed by atoms with Crippen LogP contribution in [0.2, 0.25) is 0 Å². The summed E-state index contributed by atoms with van der Waals surface area (Å²) in [5, 5.41) is 2.83. The van der Waals surface area contributed by atoms with Gasteiger partial charge in [0.15, 0.2) is 6.04 Å². The van der Waals surface area contributed by atoms with E-state index in [9.17, 15) is 14.4 Å². The van der Waals surface area contributed by atoms with E-state index in [1.54, 1.807) is 0 Å². The summed E-state index contributed by atoms with van der Waals surface area (Å²) in [5.74, 6) is 2.18. The fraction of sp³-hybridized carbons (Fsp3) is 0.407. The van der Waals surface area contributed by atoms with E-state index >= 15 is 0 Å². The van der Waals surface area contributed by atoms with Crippen molar-refractivity contribution in [3.63, 3.8) is 0 Å². The second-order valence-electron chi connectivity index (χ2n) is 18.9. The van der Waals surface area contributed by atoms with Gasteiger partial charge < -0.3 is 34.7 Å². The number of hydrogen-bond donors (Lipinski definition) is 3. The van der Waals surface area contributed by atoms with Crippen LogP contribution in [0.25, 0.3) is 22.1 Å². The molecule has 2 aromatic heterocycles. The van der Waals surface area contributed by atoms with Gasteiger partial charge in [0.1, 0.15) is 17.7 Å². The maximum atomic E-state index is 14.6. The number of ether oxygens (including phenoxy) is 1. The molecule has 3 amide bonds. The van der Waals surface area contributed by atoms with Crippen LogP contribution in [-0.4, -0.2) is 80.3 Å². The third kappa shape index (κ3) is 9.25. The molecule has 10 rings (SSSR count). The number of benzene rings is 4. The number of amides is 3. The van der Waals surface area contributed by atoms with Gasteiger partial charge in [0.2, 0.25) is 6.40 Å². The highest BCUT2D eigenvalue weighted by Crippen LogP contribution is 2.49. The van der Waals surface area contributed by atoms with Gasteiger partial charge in [-0.15, -0.1) is 0 Å². The molecule has 14 nitrogen and oxygen atoms in total. The van der Waals surface area contributed by atoms with Crippen molar-refractivity contribution in [2.45, 2.75) is 113 Å². The molecule has 4 fully saturated rings. The highest BCUT2D eigenvalue weighted by atomic mass is 17.2. The number of imidazole rings is 2. The number of hydrogen-bond acceptors (Lipinski definition) is 9.